The molecule has 1 amide bonds. The molecular weight excluding hydrogens is 322 g/mol. The van der Waals surface area contributed by atoms with Gasteiger partial charge in [-0.25, -0.2) is 4.98 Å². The molecule has 0 saturated heterocycles. The summed E-state index contributed by atoms with van der Waals surface area (Å²) in [5.41, 5.74) is 1.69. The third-order valence-corrected chi connectivity index (χ3v) is 4.33. The van der Waals surface area contributed by atoms with E-state index in [1.807, 2.05) is 42.6 Å². The lowest BCUT2D eigenvalue weighted by Gasteiger charge is -2.09. The molecule has 0 atom stereocenters. The quantitative estimate of drug-likeness (QED) is 0.671. The van der Waals surface area contributed by atoms with Crippen LogP contribution in [0.25, 0.3) is 10.9 Å². The first kappa shape index (κ1) is 16.4. The molecule has 0 aliphatic rings. The second-order valence-electron chi connectivity index (χ2n) is 5.42. The van der Waals surface area contributed by atoms with Crippen LogP contribution in [0.1, 0.15) is 17.1 Å². The Labute approximate surface area is 144 Å². The number of aromatic nitrogens is 2. The van der Waals surface area contributed by atoms with Gasteiger partial charge in [-0.15, -0.1) is 11.3 Å². The van der Waals surface area contributed by atoms with Gasteiger partial charge < -0.3 is 10.1 Å². The number of ether oxygens (including phenoxy) is 1. The molecule has 0 radical (unpaired) electrons. The fourth-order valence-electron chi connectivity index (χ4n) is 2.39. The third kappa shape index (κ3) is 4.29. The van der Waals surface area contributed by atoms with Crippen LogP contribution in [0.5, 0.6) is 5.75 Å². The lowest BCUT2D eigenvalue weighted by molar-refractivity contribution is -0.120. The molecule has 3 rings (SSSR count). The molecule has 1 aromatic carbocycles. The minimum atomic E-state index is -0.00729. The van der Waals surface area contributed by atoms with E-state index >= 15 is 0 Å². The minimum Gasteiger partial charge on any atom is -0.491 e. The van der Waals surface area contributed by atoms with Crippen LogP contribution in [0.3, 0.4) is 0 Å². The first-order chi connectivity index (χ1) is 11.7. The Morgan fingerprint density at radius 2 is 2.17 bits per heavy atom. The number of thiazole rings is 1. The standard InChI is InChI=1S/C18H19N3O2S/c1-13-21-15(12-24-13)11-17(22)19-9-4-10-23-16-7-2-5-14-6-3-8-20-18(14)16/h2-3,5-8,12H,4,9-11H2,1H3,(H,19,22). The molecule has 0 aliphatic carbocycles. The van der Waals surface area contributed by atoms with Crippen molar-refractivity contribution in [3.05, 3.63) is 52.6 Å². The highest BCUT2D eigenvalue weighted by atomic mass is 32.1. The topological polar surface area (TPSA) is 64.1 Å². The molecule has 1 N–H and O–H groups in total. The summed E-state index contributed by atoms with van der Waals surface area (Å²) in [4.78, 5) is 20.5. The predicted octanol–water partition coefficient (Wildman–Crippen LogP) is 3.13. The minimum absolute atomic E-state index is 0.00729. The lowest BCUT2D eigenvalue weighted by atomic mass is 10.2. The van der Waals surface area contributed by atoms with Gasteiger partial charge in [0.25, 0.3) is 0 Å². The highest BCUT2D eigenvalue weighted by molar-refractivity contribution is 7.09. The molecule has 0 aliphatic heterocycles. The number of rotatable bonds is 7. The van der Waals surface area contributed by atoms with E-state index in [9.17, 15) is 4.79 Å². The largest absolute Gasteiger partial charge is 0.491 e. The first-order valence-corrected chi connectivity index (χ1v) is 8.74. The molecule has 0 fully saturated rings. The van der Waals surface area contributed by atoms with Gasteiger partial charge in [-0.05, 0) is 25.5 Å². The van der Waals surface area contributed by atoms with Crippen LogP contribution >= 0.6 is 11.3 Å². The first-order valence-electron chi connectivity index (χ1n) is 7.86. The summed E-state index contributed by atoms with van der Waals surface area (Å²) in [5.74, 6) is 0.768. The van der Waals surface area contributed by atoms with E-state index in [-0.39, 0.29) is 5.91 Å². The fourth-order valence-corrected chi connectivity index (χ4v) is 3.00. The van der Waals surface area contributed by atoms with Crippen molar-refractivity contribution in [2.45, 2.75) is 19.8 Å². The van der Waals surface area contributed by atoms with E-state index in [1.165, 1.54) is 0 Å². The Morgan fingerprint density at radius 3 is 3.00 bits per heavy atom. The van der Waals surface area contributed by atoms with E-state index in [2.05, 4.69) is 15.3 Å². The van der Waals surface area contributed by atoms with Crippen molar-refractivity contribution < 1.29 is 9.53 Å². The molecule has 0 saturated carbocycles. The van der Waals surface area contributed by atoms with Gasteiger partial charge in [-0.3, -0.25) is 9.78 Å². The molecule has 3 aromatic rings. The highest BCUT2D eigenvalue weighted by Gasteiger charge is 2.06. The fraction of sp³-hybridized carbons (Fsp3) is 0.278. The summed E-state index contributed by atoms with van der Waals surface area (Å²) in [6, 6.07) is 9.80. The molecule has 5 nitrogen and oxygen atoms in total. The van der Waals surface area contributed by atoms with Crippen molar-refractivity contribution in [2.75, 3.05) is 13.2 Å². The Hall–Kier alpha value is -2.47. The number of hydrogen-bond donors (Lipinski definition) is 1. The Balaban J connectivity index is 1.41. The van der Waals surface area contributed by atoms with Crippen LogP contribution in [0, 0.1) is 6.92 Å². The zero-order valence-corrected chi connectivity index (χ0v) is 14.3. The van der Waals surface area contributed by atoms with Crippen molar-refractivity contribution in [3.8, 4) is 5.75 Å². The van der Waals surface area contributed by atoms with Crippen molar-refractivity contribution >= 4 is 28.1 Å². The van der Waals surface area contributed by atoms with Gasteiger partial charge in [-0.2, -0.15) is 0 Å². The Morgan fingerprint density at radius 1 is 1.29 bits per heavy atom. The van der Waals surface area contributed by atoms with Crippen LogP contribution in [0.2, 0.25) is 0 Å². The number of nitrogens with zero attached hydrogens (tertiary/aromatic N) is 2. The molecule has 2 aromatic heterocycles. The van der Waals surface area contributed by atoms with Gasteiger partial charge in [-0.1, -0.05) is 18.2 Å². The number of para-hydroxylation sites is 1. The highest BCUT2D eigenvalue weighted by Crippen LogP contribution is 2.22. The van der Waals surface area contributed by atoms with E-state index in [0.29, 0.717) is 19.6 Å². The normalized spacial score (nSPS) is 10.7. The molecule has 0 bridgehead atoms. The number of benzene rings is 1. The number of pyridine rings is 1. The van der Waals surface area contributed by atoms with Gasteiger partial charge in [0, 0.05) is 23.5 Å². The summed E-state index contributed by atoms with van der Waals surface area (Å²) in [6.45, 7) is 3.05. The molecule has 0 spiro atoms. The second-order valence-corrected chi connectivity index (χ2v) is 6.48. The van der Waals surface area contributed by atoms with Crippen LogP contribution in [-0.4, -0.2) is 29.0 Å². The number of nitrogens with one attached hydrogen (secondary N) is 1. The zero-order chi connectivity index (χ0) is 16.8. The summed E-state index contributed by atoms with van der Waals surface area (Å²) >= 11 is 1.56. The van der Waals surface area contributed by atoms with E-state index in [1.54, 1.807) is 17.5 Å². The predicted molar refractivity (Wildman–Crippen MR) is 95.4 cm³/mol. The van der Waals surface area contributed by atoms with Crippen molar-refractivity contribution in [1.82, 2.24) is 15.3 Å². The van der Waals surface area contributed by atoms with Gasteiger partial charge in [0.05, 0.1) is 23.7 Å². The summed E-state index contributed by atoms with van der Waals surface area (Å²) in [5, 5.41) is 6.85. The number of aryl methyl sites for hydroxylation is 1. The Bertz CT molecular complexity index is 827. The SMILES string of the molecule is Cc1nc(CC(=O)NCCCOc2cccc3cccnc23)cs1. The zero-order valence-electron chi connectivity index (χ0n) is 13.5. The molecule has 2 heterocycles. The van der Waals surface area contributed by atoms with E-state index < -0.39 is 0 Å². The van der Waals surface area contributed by atoms with Crippen LogP contribution in [0.4, 0.5) is 0 Å². The average Bonchev–Trinajstić information content (AvgIpc) is 2.99. The smallest absolute Gasteiger partial charge is 0.226 e. The van der Waals surface area contributed by atoms with Crippen molar-refractivity contribution in [3.63, 3.8) is 0 Å². The van der Waals surface area contributed by atoms with Gasteiger partial charge in [0.2, 0.25) is 5.91 Å². The van der Waals surface area contributed by atoms with Crippen LogP contribution in [-0.2, 0) is 11.2 Å². The number of amides is 1. The van der Waals surface area contributed by atoms with Crippen LogP contribution in [0.15, 0.2) is 41.9 Å². The molecule has 0 unspecified atom stereocenters. The number of hydrogen-bond acceptors (Lipinski definition) is 5. The Kier molecular flexibility index (Phi) is 5.38. The maximum absolute atomic E-state index is 11.8. The molecule has 124 valence electrons. The molecule has 6 heteroatoms. The maximum atomic E-state index is 11.8. The third-order valence-electron chi connectivity index (χ3n) is 3.50. The maximum Gasteiger partial charge on any atom is 0.226 e. The van der Waals surface area contributed by atoms with Crippen molar-refractivity contribution in [1.29, 1.82) is 0 Å². The summed E-state index contributed by atoms with van der Waals surface area (Å²) < 4.78 is 5.80. The van der Waals surface area contributed by atoms with E-state index in [0.717, 1.165) is 33.8 Å². The monoisotopic (exact) mass is 341 g/mol. The molecular formula is C18H19N3O2S. The van der Waals surface area contributed by atoms with Crippen LogP contribution < -0.4 is 10.1 Å². The number of carbonyl (C=O) groups excluding carboxylic acids is 1. The number of carbonyl (C=O) groups is 1. The number of fused-ring (bicyclic) bond motifs is 1. The van der Waals surface area contributed by atoms with Gasteiger partial charge in [0.1, 0.15) is 11.3 Å². The molecule has 24 heavy (non-hydrogen) atoms. The van der Waals surface area contributed by atoms with Gasteiger partial charge >= 0.3 is 0 Å². The summed E-state index contributed by atoms with van der Waals surface area (Å²) in [6.07, 6.45) is 2.83. The summed E-state index contributed by atoms with van der Waals surface area (Å²) in [7, 11) is 0. The van der Waals surface area contributed by atoms with Gasteiger partial charge in [0.15, 0.2) is 0 Å². The van der Waals surface area contributed by atoms with E-state index in [4.69, 9.17) is 4.74 Å². The lowest BCUT2D eigenvalue weighted by Crippen LogP contribution is -2.27. The second kappa shape index (κ2) is 7.88. The van der Waals surface area contributed by atoms with Crippen molar-refractivity contribution in [2.24, 2.45) is 0 Å². The average molecular weight is 341 g/mol.